The molecule has 0 spiro atoms. The molecule has 0 fully saturated rings. The van der Waals surface area contributed by atoms with Crippen molar-refractivity contribution in [1.29, 1.82) is 0 Å². The van der Waals surface area contributed by atoms with Crippen LogP contribution in [0.4, 0.5) is 0 Å². The maximum absolute atomic E-state index is 6.28. The van der Waals surface area contributed by atoms with E-state index in [-0.39, 0.29) is 20.1 Å². The zero-order valence-corrected chi connectivity index (χ0v) is 30.4. The number of pyridine rings is 2. The zero-order chi connectivity index (χ0) is 31.8. The summed E-state index contributed by atoms with van der Waals surface area (Å²) in [5, 5.41) is 3.56. The largest absolute Gasteiger partial charge is 0.501 e. The molecule has 5 nitrogen and oxygen atoms in total. The fourth-order valence-electron chi connectivity index (χ4n) is 5.79. The van der Waals surface area contributed by atoms with Crippen LogP contribution in [0.15, 0.2) is 120 Å². The summed E-state index contributed by atoms with van der Waals surface area (Å²) < 4.78 is 8.45. The fraction of sp³-hybridized carbons (Fsp3) is 0.125. The average Bonchev–Trinajstić information content (AvgIpc) is 3.65. The molecule has 0 amide bonds. The molecule has 1 radical (unpaired) electrons. The topological polar surface area (TPSA) is 56.7 Å². The van der Waals surface area contributed by atoms with Gasteiger partial charge in [-0.15, -0.1) is 54.1 Å². The Morgan fingerprint density at radius 1 is 0.745 bits per heavy atom. The van der Waals surface area contributed by atoms with Crippen LogP contribution in [0.2, 0.25) is 19.6 Å². The van der Waals surface area contributed by atoms with Crippen LogP contribution < -0.4 is 5.19 Å². The normalized spacial score (nSPS) is 11.3. The molecule has 0 aliphatic rings. The van der Waals surface area contributed by atoms with E-state index in [0.717, 1.165) is 72.7 Å². The molecule has 4 aromatic heterocycles. The van der Waals surface area contributed by atoms with Crippen LogP contribution in [0, 0.1) is 26.0 Å². The quantitative estimate of drug-likeness (QED) is 0.131. The van der Waals surface area contributed by atoms with Gasteiger partial charge in [-0.2, -0.15) is 0 Å². The van der Waals surface area contributed by atoms with Gasteiger partial charge in [-0.05, 0) is 49.0 Å². The molecule has 0 N–H and O–H groups in total. The predicted molar refractivity (Wildman–Crippen MR) is 191 cm³/mol. The van der Waals surface area contributed by atoms with Gasteiger partial charge in [0.2, 0.25) is 0 Å². The summed E-state index contributed by atoms with van der Waals surface area (Å²) >= 11 is 0. The first-order chi connectivity index (χ1) is 22.3. The van der Waals surface area contributed by atoms with Crippen LogP contribution in [-0.4, -0.2) is 27.6 Å². The summed E-state index contributed by atoms with van der Waals surface area (Å²) in [5.74, 6) is 0.802. The Morgan fingerprint density at radius 3 is 2.23 bits per heavy atom. The maximum Gasteiger partial charge on any atom is 0.120 e. The van der Waals surface area contributed by atoms with Gasteiger partial charge in [0.1, 0.15) is 5.58 Å². The molecule has 0 aliphatic carbocycles. The summed E-state index contributed by atoms with van der Waals surface area (Å²) in [4.78, 5) is 14.2. The van der Waals surface area contributed by atoms with E-state index in [1.54, 1.807) is 0 Å². The van der Waals surface area contributed by atoms with Crippen LogP contribution in [0.3, 0.4) is 0 Å². The van der Waals surface area contributed by atoms with Gasteiger partial charge in [-0.25, -0.2) is 0 Å². The zero-order valence-electron chi connectivity index (χ0n) is 27.0. The molecule has 235 valence electrons. The van der Waals surface area contributed by atoms with Crippen molar-refractivity contribution in [3.8, 4) is 28.3 Å². The Morgan fingerprint density at radius 2 is 1.51 bits per heavy atom. The van der Waals surface area contributed by atoms with Crippen LogP contribution in [0.1, 0.15) is 11.4 Å². The molecular weight excluding hydrogens is 773 g/mol. The van der Waals surface area contributed by atoms with Gasteiger partial charge in [0.05, 0.1) is 36.2 Å². The molecule has 7 heteroatoms. The number of hydrogen-bond acceptors (Lipinski definition) is 4. The van der Waals surface area contributed by atoms with Gasteiger partial charge in [-0.1, -0.05) is 79.1 Å². The smallest absolute Gasteiger partial charge is 0.120 e. The molecule has 4 aromatic carbocycles. The van der Waals surface area contributed by atoms with E-state index in [1.807, 2.05) is 86.8 Å². The molecule has 8 rings (SSSR count). The molecule has 47 heavy (non-hydrogen) atoms. The number of para-hydroxylation sites is 2. The minimum atomic E-state index is -1.23. The molecule has 0 bridgehead atoms. The minimum absolute atomic E-state index is 0. The molecular formula is C40H34IrN4OSi-2. The molecule has 0 unspecified atom stereocenters. The number of aryl methyl sites for hydroxylation is 2. The van der Waals surface area contributed by atoms with Gasteiger partial charge in [0.15, 0.2) is 0 Å². The van der Waals surface area contributed by atoms with E-state index in [1.165, 1.54) is 5.19 Å². The second kappa shape index (κ2) is 13.2. The molecule has 8 aromatic rings. The van der Waals surface area contributed by atoms with Crippen molar-refractivity contribution in [2.75, 3.05) is 0 Å². The summed E-state index contributed by atoms with van der Waals surface area (Å²) in [7, 11) is -1.23. The van der Waals surface area contributed by atoms with Crippen molar-refractivity contribution in [2.45, 2.75) is 33.5 Å². The summed E-state index contributed by atoms with van der Waals surface area (Å²) in [6.07, 6.45) is 2.02. The van der Waals surface area contributed by atoms with Gasteiger partial charge < -0.3 is 14.0 Å². The van der Waals surface area contributed by atoms with Crippen molar-refractivity contribution in [2.24, 2.45) is 0 Å². The van der Waals surface area contributed by atoms with E-state index in [9.17, 15) is 0 Å². The van der Waals surface area contributed by atoms with Crippen molar-refractivity contribution < 1.29 is 24.5 Å². The average molecular weight is 807 g/mol. The van der Waals surface area contributed by atoms with Crippen molar-refractivity contribution in [1.82, 2.24) is 19.5 Å². The second-order valence-corrected chi connectivity index (χ2v) is 17.6. The third-order valence-electron chi connectivity index (χ3n) is 8.14. The third-order valence-corrected chi connectivity index (χ3v) is 10.2. The number of fused-ring (bicyclic) bond motifs is 4. The summed E-state index contributed by atoms with van der Waals surface area (Å²) in [6.45, 7) is 11.0. The first-order valence-corrected chi connectivity index (χ1v) is 19.0. The fourth-order valence-corrected chi connectivity index (χ4v) is 6.83. The summed E-state index contributed by atoms with van der Waals surface area (Å²) in [6, 6.07) is 43.3. The van der Waals surface area contributed by atoms with Crippen LogP contribution >= 0.6 is 0 Å². The van der Waals surface area contributed by atoms with E-state index in [2.05, 4.69) is 88.8 Å². The van der Waals surface area contributed by atoms with E-state index < -0.39 is 8.07 Å². The molecule has 0 saturated carbocycles. The number of hydrogen-bond donors (Lipinski definition) is 0. The second-order valence-electron chi connectivity index (χ2n) is 12.5. The molecule has 4 heterocycles. The van der Waals surface area contributed by atoms with Gasteiger partial charge in [-0.3, -0.25) is 9.97 Å². The predicted octanol–water partition coefficient (Wildman–Crippen LogP) is 9.50. The Balaban J connectivity index is 0.000000194. The number of benzene rings is 4. The van der Waals surface area contributed by atoms with Gasteiger partial charge >= 0.3 is 0 Å². The maximum atomic E-state index is 6.28. The first kappa shape index (κ1) is 32.3. The number of nitrogens with zero attached hydrogens (tertiary/aromatic N) is 4. The Kier molecular flexibility index (Phi) is 9.06. The monoisotopic (exact) mass is 807 g/mol. The van der Waals surface area contributed by atoms with Gasteiger partial charge in [0.25, 0.3) is 0 Å². The molecule has 0 atom stereocenters. The number of aromatic nitrogens is 4. The molecule has 0 saturated heterocycles. The van der Waals surface area contributed by atoms with Crippen LogP contribution in [0.5, 0.6) is 0 Å². The van der Waals surface area contributed by atoms with E-state index in [4.69, 9.17) is 9.40 Å². The van der Waals surface area contributed by atoms with Gasteiger partial charge in [0, 0.05) is 43.1 Å². The summed E-state index contributed by atoms with van der Waals surface area (Å²) in [5.41, 5.74) is 9.42. The third kappa shape index (κ3) is 6.35. The van der Waals surface area contributed by atoms with Crippen molar-refractivity contribution in [3.63, 3.8) is 0 Å². The van der Waals surface area contributed by atoms with Crippen molar-refractivity contribution in [3.05, 3.63) is 139 Å². The van der Waals surface area contributed by atoms with E-state index >= 15 is 0 Å². The first-order valence-electron chi connectivity index (χ1n) is 15.5. The van der Waals surface area contributed by atoms with Crippen LogP contribution in [0.25, 0.3) is 61.3 Å². The van der Waals surface area contributed by atoms with E-state index in [0.29, 0.717) is 0 Å². The Bertz CT molecular complexity index is 2310. The molecule has 0 aliphatic heterocycles. The Hall–Kier alpha value is -4.68. The van der Waals surface area contributed by atoms with Crippen molar-refractivity contribution >= 4 is 46.2 Å². The number of imidazole rings is 1. The minimum Gasteiger partial charge on any atom is -0.501 e. The number of rotatable bonds is 4. The Labute approximate surface area is 289 Å². The standard InChI is InChI=1S/C26H18N3O.C14H16NSi.Ir/c1-16-15-22-24(17(2)27-16)28-26(29(22)18-9-4-3-5-10-18)21-13-8-12-20-19-11-6-7-14-23(19)30-25(20)21;1-16(2,3)13-9-10-14(15-11-13)12-7-5-4-6-8-12;/h3-12,14-15H,1-2H3;4-7,9-11H,1-3H3;/q2*-1;. The number of furan rings is 1. The van der Waals surface area contributed by atoms with Crippen LogP contribution in [-0.2, 0) is 20.1 Å². The SMILES string of the molecule is C[Si](C)(C)c1ccc(-c2[c-]cccc2)nc1.Cc1cc2c(nc(-c3[c-]ccc4c3oc3ccccc34)n2-c2ccccc2)c(C)n1.[Ir].